The number of nitrogens with zero attached hydrogens (tertiary/aromatic N) is 1. The topological polar surface area (TPSA) is 30.0 Å². The third-order valence-electron chi connectivity index (χ3n) is 2.86. The lowest BCUT2D eigenvalue weighted by Crippen LogP contribution is -2.07. The lowest BCUT2D eigenvalue weighted by atomic mass is 10.0. The molecule has 0 saturated heterocycles. The molecule has 0 radical (unpaired) electrons. The standard InChI is InChI=1S/C13H10BrNOS/c14-9-6-4-8(5-7-9)13-15-10-2-1-3-11(16)12(10)17-13/h4-7H,1-3H2. The Kier molecular flexibility index (Phi) is 2.84. The number of aromatic nitrogens is 1. The van der Waals surface area contributed by atoms with Crippen molar-refractivity contribution in [2.45, 2.75) is 19.3 Å². The number of thiazole rings is 1. The van der Waals surface area contributed by atoms with Gasteiger partial charge in [0.05, 0.1) is 10.6 Å². The van der Waals surface area contributed by atoms with E-state index in [0.29, 0.717) is 6.42 Å². The fraction of sp³-hybridized carbons (Fsp3) is 0.231. The normalized spacial score (nSPS) is 14.8. The summed E-state index contributed by atoms with van der Waals surface area (Å²) in [4.78, 5) is 17.2. The first-order valence-electron chi connectivity index (χ1n) is 5.53. The molecule has 86 valence electrons. The van der Waals surface area contributed by atoms with Gasteiger partial charge in [-0.1, -0.05) is 28.1 Å². The Labute approximate surface area is 112 Å². The van der Waals surface area contributed by atoms with Crippen LogP contribution in [0.15, 0.2) is 28.7 Å². The predicted octanol–water partition coefficient (Wildman–Crippen LogP) is 4.09. The quantitative estimate of drug-likeness (QED) is 0.794. The number of rotatable bonds is 1. The maximum atomic E-state index is 11.7. The average molecular weight is 308 g/mol. The van der Waals surface area contributed by atoms with E-state index in [2.05, 4.69) is 20.9 Å². The molecule has 0 saturated carbocycles. The van der Waals surface area contributed by atoms with Crippen LogP contribution in [0.25, 0.3) is 10.6 Å². The molecule has 0 bridgehead atoms. The first-order chi connectivity index (χ1) is 8.24. The van der Waals surface area contributed by atoms with Gasteiger partial charge in [-0.25, -0.2) is 4.98 Å². The minimum Gasteiger partial charge on any atom is -0.293 e. The van der Waals surface area contributed by atoms with E-state index in [9.17, 15) is 4.79 Å². The number of hydrogen-bond acceptors (Lipinski definition) is 3. The number of ketones is 1. The van der Waals surface area contributed by atoms with Crippen LogP contribution in [0.4, 0.5) is 0 Å². The second-order valence-electron chi connectivity index (χ2n) is 4.08. The second kappa shape index (κ2) is 4.35. The summed E-state index contributed by atoms with van der Waals surface area (Å²) in [5.74, 6) is 0.257. The molecule has 1 aliphatic rings. The van der Waals surface area contributed by atoms with E-state index >= 15 is 0 Å². The van der Waals surface area contributed by atoms with E-state index in [1.807, 2.05) is 24.3 Å². The minimum absolute atomic E-state index is 0.257. The molecule has 17 heavy (non-hydrogen) atoms. The largest absolute Gasteiger partial charge is 0.293 e. The van der Waals surface area contributed by atoms with Gasteiger partial charge in [-0.2, -0.15) is 0 Å². The Hall–Kier alpha value is -1.00. The van der Waals surface area contributed by atoms with Gasteiger partial charge in [0.2, 0.25) is 0 Å². The highest BCUT2D eigenvalue weighted by Crippen LogP contribution is 2.32. The van der Waals surface area contributed by atoms with Gasteiger partial charge in [0.1, 0.15) is 5.01 Å². The lowest BCUT2D eigenvalue weighted by molar-refractivity contribution is 0.0976. The highest BCUT2D eigenvalue weighted by atomic mass is 79.9. The van der Waals surface area contributed by atoms with Crippen molar-refractivity contribution in [2.75, 3.05) is 0 Å². The zero-order valence-electron chi connectivity index (χ0n) is 9.07. The summed E-state index contributed by atoms with van der Waals surface area (Å²) in [7, 11) is 0. The van der Waals surface area contributed by atoms with Gasteiger partial charge >= 0.3 is 0 Å². The van der Waals surface area contributed by atoms with E-state index in [-0.39, 0.29) is 5.78 Å². The molecule has 0 spiro atoms. The van der Waals surface area contributed by atoms with Gasteiger partial charge in [0, 0.05) is 16.5 Å². The van der Waals surface area contributed by atoms with Crippen molar-refractivity contribution in [1.29, 1.82) is 0 Å². The van der Waals surface area contributed by atoms with Crippen LogP contribution in [0.3, 0.4) is 0 Å². The average Bonchev–Trinajstić information content (AvgIpc) is 2.75. The maximum Gasteiger partial charge on any atom is 0.174 e. The first kappa shape index (κ1) is 11.1. The monoisotopic (exact) mass is 307 g/mol. The molecule has 0 fully saturated rings. The summed E-state index contributed by atoms with van der Waals surface area (Å²) in [5, 5.41) is 0.956. The lowest BCUT2D eigenvalue weighted by Gasteiger charge is -2.06. The molecular formula is C13H10BrNOS. The molecule has 0 N–H and O–H groups in total. The van der Waals surface area contributed by atoms with Crippen LogP contribution in [0.2, 0.25) is 0 Å². The van der Waals surface area contributed by atoms with Crippen molar-refractivity contribution in [3.8, 4) is 10.6 Å². The zero-order valence-corrected chi connectivity index (χ0v) is 11.5. The summed E-state index contributed by atoms with van der Waals surface area (Å²) in [5.41, 5.74) is 2.07. The van der Waals surface area contributed by atoms with Crippen LogP contribution >= 0.6 is 27.3 Å². The number of aryl methyl sites for hydroxylation is 1. The molecular weight excluding hydrogens is 298 g/mol. The number of fused-ring (bicyclic) bond motifs is 1. The van der Waals surface area contributed by atoms with Crippen molar-refractivity contribution in [3.05, 3.63) is 39.3 Å². The Morgan fingerprint density at radius 1 is 1.18 bits per heavy atom. The summed E-state index contributed by atoms with van der Waals surface area (Å²) < 4.78 is 1.05. The smallest absolute Gasteiger partial charge is 0.174 e. The molecule has 0 amide bonds. The summed E-state index contributed by atoms with van der Waals surface area (Å²) in [6.07, 6.45) is 2.55. The van der Waals surface area contributed by atoms with Crippen molar-refractivity contribution in [2.24, 2.45) is 0 Å². The SMILES string of the molecule is O=C1CCCc2nc(-c3ccc(Br)cc3)sc21. The molecule has 2 nitrogen and oxygen atoms in total. The summed E-state index contributed by atoms with van der Waals surface area (Å²) in [6.45, 7) is 0. The van der Waals surface area contributed by atoms with Gasteiger partial charge in [-0.15, -0.1) is 11.3 Å². The van der Waals surface area contributed by atoms with Crippen LogP contribution in [0, 0.1) is 0 Å². The van der Waals surface area contributed by atoms with Crippen molar-refractivity contribution < 1.29 is 4.79 Å². The van der Waals surface area contributed by atoms with Crippen LogP contribution in [-0.4, -0.2) is 10.8 Å². The number of carbonyl (C=O) groups excluding carboxylic acids is 1. The van der Waals surface area contributed by atoms with Gasteiger partial charge in [-0.3, -0.25) is 4.79 Å². The van der Waals surface area contributed by atoms with Crippen LogP contribution in [0.5, 0.6) is 0 Å². The molecule has 1 aromatic carbocycles. The van der Waals surface area contributed by atoms with Crippen LogP contribution in [-0.2, 0) is 6.42 Å². The molecule has 4 heteroatoms. The number of hydrogen-bond donors (Lipinski definition) is 0. The van der Waals surface area contributed by atoms with Crippen LogP contribution in [0.1, 0.15) is 28.2 Å². The number of Topliss-reactive ketones (excluding diaryl/α,β-unsaturated/α-hetero) is 1. The van der Waals surface area contributed by atoms with Crippen molar-refractivity contribution >= 4 is 33.0 Å². The van der Waals surface area contributed by atoms with Crippen LogP contribution < -0.4 is 0 Å². The summed E-state index contributed by atoms with van der Waals surface area (Å²) >= 11 is 4.94. The van der Waals surface area contributed by atoms with E-state index in [1.165, 1.54) is 11.3 Å². The van der Waals surface area contributed by atoms with Gasteiger partial charge < -0.3 is 0 Å². The molecule has 1 aromatic heterocycles. The maximum absolute atomic E-state index is 11.7. The highest BCUT2D eigenvalue weighted by Gasteiger charge is 2.22. The molecule has 1 heterocycles. The number of benzene rings is 1. The first-order valence-corrected chi connectivity index (χ1v) is 7.14. The zero-order chi connectivity index (χ0) is 11.8. The Morgan fingerprint density at radius 3 is 2.65 bits per heavy atom. The molecule has 2 aromatic rings. The third-order valence-corrected chi connectivity index (χ3v) is 4.58. The molecule has 0 aliphatic heterocycles. The van der Waals surface area contributed by atoms with E-state index in [0.717, 1.165) is 38.5 Å². The third kappa shape index (κ3) is 2.07. The fourth-order valence-electron chi connectivity index (χ4n) is 1.98. The van der Waals surface area contributed by atoms with E-state index in [1.54, 1.807) is 0 Å². The fourth-order valence-corrected chi connectivity index (χ4v) is 3.33. The van der Waals surface area contributed by atoms with Crippen molar-refractivity contribution in [1.82, 2.24) is 4.98 Å². The van der Waals surface area contributed by atoms with Gasteiger partial charge in [0.25, 0.3) is 0 Å². The Balaban J connectivity index is 2.05. The van der Waals surface area contributed by atoms with E-state index < -0.39 is 0 Å². The Morgan fingerprint density at radius 2 is 1.94 bits per heavy atom. The number of carbonyl (C=O) groups is 1. The molecule has 1 aliphatic carbocycles. The minimum atomic E-state index is 0.257. The number of halogens is 1. The Bertz CT molecular complexity index is 574. The molecule has 0 atom stereocenters. The second-order valence-corrected chi connectivity index (χ2v) is 5.99. The van der Waals surface area contributed by atoms with Gasteiger partial charge in [-0.05, 0) is 25.0 Å². The molecule has 0 unspecified atom stereocenters. The summed E-state index contributed by atoms with van der Waals surface area (Å²) in [6, 6.07) is 8.05. The molecule has 3 rings (SSSR count). The predicted molar refractivity (Wildman–Crippen MR) is 72.5 cm³/mol. The highest BCUT2D eigenvalue weighted by molar-refractivity contribution is 9.10. The van der Waals surface area contributed by atoms with Gasteiger partial charge in [0.15, 0.2) is 5.78 Å². The van der Waals surface area contributed by atoms with Crippen molar-refractivity contribution in [3.63, 3.8) is 0 Å². The van der Waals surface area contributed by atoms with E-state index in [4.69, 9.17) is 0 Å².